The van der Waals surface area contributed by atoms with Crippen LogP contribution in [0.25, 0.3) is 10.8 Å². The molecule has 0 saturated carbocycles. The molecule has 2 nitrogen and oxygen atoms in total. The molecule has 0 aromatic heterocycles. The maximum atomic E-state index is 12.7. The van der Waals surface area contributed by atoms with Gasteiger partial charge in [-0.2, -0.15) is 0 Å². The van der Waals surface area contributed by atoms with Gasteiger partial charge in [-0.05, 0) is 34.5 Å². The van der Waals surface area contributed by atoms with Crippen LogP contribution in [-0.2, 0) is 0 Å². The minimum Gasteiger partial charge on any atom is -0.497 e. The summed E-state index contributed by atoms with van der Waals surface area (Å²) in [6, 6.07) is 21.6. The molecule has 0 fully saturated rings. The van der Waals surface area contributed by atoms with Gasteiger partial charge in [0, 0.05) is 11.5 Å². The standard InChI is InChI=1S/C20H18O2/c1-14(16-8-5-9-19(13-16)22-2)20(21)18-11-10-15-6-3-4-7-17(15)12-18/h3-14H,1-2H3. The molecule has 0 N–H and O–H groups in total. The van der Waals surface area contributed by atoms with E-state index in [0.717, 1.165) is 27.6 Å². The third-order valence-electron chi connectivity index (χ3n) is 4.02. The van der Waals surface area contributed by atoms with Crippen molar-refractivity contribution < 1.29 is 9.53 Å². The molecule has 0 amide bonds. The molecule has 3 rings (SSSR count). The first-order valence-corrected chi connectivity index (χ1v) is 7.36. The Hall–Kier alpha value is -2.61. The fourth-order valence-electron chi connectivity index (χ4n) is 2.65. The van der Waals surface area contributed by atoms with Crippen molar-refractivity contribution in [2.75, 3.05) is 7.11 Å². The van der Waals surface area contributed by atoms with Crippen LogP contribution in [0.2, 0.25) is 0 Å². The van der Waals surface area contributed by atoms with Gasteiger partial charge in [-0.15, -0.1) is 0 Å². The predicted molar refractivity (Wildman–Crippen MR) is 89.7 cm³/mol. The van der Waals surface area contributed by atoms with Crippen molar-refractivity contribution in [1.82, 2.24) is 0 Å². The van der Waals surface area contributed by atoms with Gasteiger partial charge < -0.3 is 4.74 Å². The second-order valence-corrected chi connectivity index (χ2v) is 5.42. The number of fused-ring (bicyclic) bond motifs is 1. The van der Waals surface area contributed by atoms with Crippen LogP contribution in [0.3, 0.4) is 0 Å². The van der Waals surface area contributed by atoms with E-state index < -0.39 is 0 Å². The van der Waals surface area contributed by atoms with Crippen molar-refractivity contribution in [3.05, 3.63) is 77.9 Å². The van der Waals surface area contributed by atoms with Gasteiger partial charge in [-0.25, -0.2) is 0 Å². The second kappa shape index (κ2) is 6.02. The van der Waals surface area contributed by atoms with Gasteiger partial charge in [-0.3, -0.25) is 4.79 Å². The van der Waals surface area contributed by atoms with Crippen molar-refractivity contribution in [1.29, 1.82) is 0 Å². The van der Waals surface area contributed by atoms with Crippen LogP contribution in [0.4, 0.5) is 0 Å². The van der Waals surface area contributed by atoms with Crippen LogP contribution < -0.4 is 4.74 Å². The molecule has 3 aromatic rings. The molecule has 3 aromatic carbocycles. The summed E-state index contributed by atoms with van der Waals surface area (Å²) >= 11 is 0. The van der Waals surface area contributed by atoms with Gasteiger partial charge in [0.2, 0.25) is 0 Å². The van der Waals surface area contributed by atoms with Gasteiger partial charge in [0.05, 0.1) is 7.11 Å². The summed E-state index contributed by atoms with van der Waals surface area (Å²) in [4.78, 5) is 12.7. The van der Waals surface area contributed by atoms with Crippen LogP contribution in [0.1, 0.15) is 28.8 Å². The lowest BCUT2D eigenvalue weighted by atomic mass is 9.91. The first-order valence-electron chi connectivity index (χ1n) is 7.36. The summed E-state index contributed by atoms with van der Waals surface area (Å²) in [6.07, 6.45) is 0. The van der Waals surface area contributed by atoms with E-state index in [9.17, 15) is 4.79 Å². The first-order chi connectivity index (χ1) is 10.7. The maximum absolute atomic E-state index is 12.7. The highest BCUT2D eigenvalue weighted by atomic mass is 16.5. The molecule has 0 spiro atoms. The minimum atomic E-state index is -0.198. The number of carbonyl (C=O) groups is 1. The van der Waals surface area contributed by atoms with Crippen LogP contribution in [0.15, 0.2) is 66.7 Å². The number of hydrogen-bond acceptors (Lipinski definition) is 2. The molecule has 0 aliphatic rings. The second-order valence-electron chi connectivity index (χ2n) is 5.42. The Morgan fingerprint density at radius 3 is 2.45 bits per heavy atom. The van der Waals surface area contributed by atoms with Crippen molar-refractivity contribution in [2.45, 2.75) is 12.8 Å². The highest BCUT2D eigenvalue weighted by Crippen LogP contribution is 2.25. The zero-order valence-corrected chi connectivity index (χ0v) is 12.7. The van der Waals surface area contributed by atoms with Gasteiger partial charge in [0.15, 0.2) is 5.78 Å². The van der Waals surface area contributed by atoms with Crippen molar-refractivity contribution >= 4 is 16.6 Å². The molecular formula is C20H18O2. The summed E-state index contributed by atoms with van der Waals surface area (Å²) < 4.78 is 5.24. The van der Waals surface area contributed by atoms with E-state index in [4.69, 9.17) is 4.74 Å². The molecule has 0 heterocycles. The normalized spacial score (nSPS) is 12.1. The Balaban J connectivity index is 1.93. The van der Waals surface area contributed by atoms with E-state index in [1.165, 1.54) is 0 Å². The van der Waals surface area contributed by atoms with Crippen molar-refractivity contribution in [3.8, 4) is 5.75 Å². The van der Waals surface area contributed by atoms with Crippen LogP contribution in [-0.4, -0.2) is 12.9 Å². The minimum absolute atomic E-state index is 0.124. The lowest BCUT2D eigenvalue weighted by molar-refractivity contribution is 0.0966. The van der Waals surface area contributed by atoms with Crippen LogP contribution in [0.5, 0.6) is 5.75 Å². The number of ketones is 1. The van der Waals surface area contributed by atoms with E-state index in [1.807, 2.05) is 67.6 Å². The molecule has 1 atom stereocenters. The van der Waals surface area contributed by atoms with Gasteiger partial charge in [0.25, 0.3) is 0 Å². The Kier molecular flexibility index (Phi) is 3.92. The Morgan fingerprint density at radius 2 is 1.68 bits per heavy atom. The largest absolute Gasteiger partial charge is 0.497 e. The molecule has 0 aliphatic heterocycles. The molecule has 0 bridgehead atoms. The van der Waals surface area contributed by atoms with Crippen molar-refractivity contribution in [2.24, 2.45) is 0 Å². The molecule has 0 saturated heterocycles. The summed E-state index contributed by atoms with van der Waals surface area (Å²) in [5, 5.41) is 2.24. The molecule has 110 valence electrons. The number of hydrogen-bond donors (Lipinski definition) is 0. The lowest BCUT2D eigenvalue weighted by Crippen LogP contribution is -2.09. The molecule has 0 aliphatic carbocycles. The summed E-state index contributed by atoms with van der Waals surface area (Å²) in [7, 11) is 1.63. The lowest BCUT2D eigenvalue weighted by Gasteiger charge is -2.12. The van der Waals surface area contributed by atoms with E-state index in [1.54, 1.807) is 7.11 Å². The monoisotopic (exact) mass is 290 g/mol. The number of methoxy groups -OCH3 is 1. The van der Waals surface area contributed by atoms with Gasteiger partial charge in [-0.1, -0.05) is 55.5 Å². The van der Waals surface area contributed by atoms with Crippen LogP contribution in [0, 0.1) is 0 Å². The molecule has 1 unspecified atom stereocenters. The van der Waals surface area contributed by atoms with Gasteiger partial charge >= 0.3 is 0 Å². The quantitative estimate of drug-likeness (QED) is 0.643. The SMILES string of the molecule is COc1cccc(C(C)C(=O)c2ccc3ccccc3c2)c1. The molecule has 0 radical (unpaired) electrons. The third-order valence-corrected chi connectivity index (χ3v) is 4.02. The average Bonchev–Trinajstić information content (AvgIpc) is 2.60. The number of benzene rings is 3. The van der Waals surface area contributed by atoms with E-state index in [0.29, 0.717) is 0 Å². The number of rotatable bonds is 4. The fourth-order valence-corrected chi connectivity index (χ4v) is 2.65. The Morgan fingerprint density at radius 1 is 0.909 bits per heavy atom. The predicted octanol–water partition coefficient (Wildman–Crippen LogP) is 4.83. The maximum Gasteiger partial charge on any atom is 0.170 e. The number of ether oxygens (including phenoxy) is 1. The molecular weight excluding hydrogens is 272 g/mol. The van der Waals surface area contributed by atoms with E-state index in [2.05, 4.69) is 6.07 Å². The fraction of sp³-hybridized carbons (Fsp3) is 0.150. The first kappa shape index (κ1) is 14.3. The smallest absolute Gasteiger partial charge is 0.170 e. The van der Waals surface area contributed by atoms with Gasteiger partial charge in [0.1, 0.15) is 5.75 Å². The zero-order chi connectivity index (χ0) is 15.5. The highest BCUT2D eigenvalue weighted by molar-refractivity contribution is 6.03. The Labute approximate surface area is 130 Å². The summed E-state index contributed by atoms with van der Waals surface area (Å²) in [6.45, 7) is 1.94. The van der Waals surface area contributed by atoms with E-state index in [-0.39, 0.29) is 11.7 Å². The number of Topliss-reactive ketones (excluding diaryl/α,β-unsaturated/α-hetero) is 1. The summed E-state index contributed by atoms with van der Waals surface area (Å²) in [5.41, 5.74) is 1.71. The Bertz CT molecular complexity index is 821. The van der Waals surface area contributed by atoms with Crippen molar-refractivity contribution in [3.63, 3.8) is 0 Å². The summed E-state index contributed by atoms with van der Waals surface area (Å²) in [5.74, 6) is 0.700. The topological polar surface area (TPSA) is 26.3 Å². The van der Waals surface area contributed by atoms with Crippen LogP contribution >= 0.6 is 0 Å². The third kappa shape index (κ3) is 2.73. The average molecular weight is 290 g/mol. The zero-order valence-electron chi connectivity index (χ0n) is 12.7. The highest BCUT2D eigenvalue weighted by Gasteiger charge is 2.17. The molecule has 2 heteroatoms. The molecule has 22 heavy (non-hydrogen) atoms. The number of carbonyl (C=O) groups excluding carboxylic acids is 1. The van der Waals surface area contributed by atoms with E-state index >= 15 is 0 Å².